The Morgan fingerprint density at radius 1 is 1.06 bits per heavy atom. The van der Waals surface area contributed by atoms with Gasteiger partial charge in [0.05, 0.1) is 10.6 Å². The Labute approximate surface area is 192 Å². The largest absolute Gasteiger partial charge is 0.484 e. The molecular formula is C24H23ClN2O4S. The van der Waals surface area contributed by atoms with Crippen LogP contribution in [0.1, 0.15) is 17.5 Å². The summed E-state index contributed by atoms with van der Waals surface area (Å²) in [5.41, 5.74) is 3.03. The standard InChI is InChI=1S/C24H23ClN2O4S/c1-17-4-12-22(13-5-17)32(29,30)27-14-2-3-18-6-9-20(15-23(18)27)26-24(28)16-31-21-10-7-19(25)8-11-21/h4-13,15H,2-3,14,16H2,1H3,(H,26,28). The summed E-state index contributed by atoms with van der Waals surface area (Å²) in [6, 6.07) is 18.9. The van der Waals surface area contributed by atoms with Crippen molar-refractivity contribution < 1.29 is 17.9 Å². The van der Waals surface area contributed by atoms with Crippen molar-refractivity contribution in [1.82, 2.24) is 0 Å². The molecule has 3 aromatic rings. The van der Waals surface area contributed by atoms with E-state index in [0.717, 1.165) is 24.0 Å². The summed E-state index contributed by atoms with van der Waals surface area (Å²) in [6.07, 6.45) is 1.52. The fraction of sp³-hybridized carbons (Fsp3) is 0.208. The summed E-state index contributed by atoms with van der Waals surface area (Å²) in [5.74, 6) is 0.189. The molecule has 4 rings (SSSR count). The fourth-order valence-electron chi connectivity index (χ4n) is 3.58. The van der Waals surface area contributed by atoms with E-state index in [1.54, 1.807) is 60.7 Å². The molecule has 1 heterocycles. The Hall–Kier alpha value is -3.03. The molecule has 1 aliphatic heterocycles. The molecule has 3 aromatic carbocycles. The van der Waals surface area contributed by atoms with Crippen LogP contribution in [-0.4, -0.2) is 27.5 Å². The summed E-state index contributed by atoms with van der Waals surface area (Å²) in [7, 11) is -3.70. The third kappa shape index (κ3) is 4.89. The average Bonchev–Trinajstić information content (AvgIpc) is 2.78. The summed E-state index contributed by atoms with van der Waals surface area (Å²) in [4.78, 5) is 12.6. The second-order valence-corrected chi connectivity index (χ2v) is 9.93. The summed E-state index contributed by atoms with van der Waals surface area (Å²) < 4.78 is 33.5. The van der Waals surface area contributed by atoms with Gasteiger partial charge < -0.3 is 10.1 Å². The molecule has 0 aromatic heterocycles. The van der Waals surface area contributed by atoms with Crippen LogP contribution in [0.15, 0.2) is 71.6 Å². The van der Waals surface area contributed by atoms with Gasteiger partial charge in [0, 0.05) is 17.3 Å². The van der Waals surface area contributed by atoms with Gasteiger partial charge in [-0.3, -0.25) is 9.10 Å². The number of ether oxygens (including phenoxy) is 1. The zero-order chi connectivity index (χ0) is 22.7. The molecule has 0 bridgehead atoms. The van der Waals surface area contributed by atoms with Crippen LogP contribution in [0.4, 0.5) is 11.4 Å². The lowest BCUT2D eigenvalue weighted by molar-refractivity contribution is -0.118. The highest BCUT2D eigenvalue weighted by atomic mass is 35.5. The number of rotatable bonds is 6. The Morgan fingerprint density at radius 3 is 2.50 bits per heavy atom. The maximum absolute atomic E-state index is 13.3. The zero-order valence-corrected chi connectivity index (χ0v) is 19.1. The van der Waals surface area contributed by atoms with Crippen LogP contribution in [0.3, 0.4) is 0 Å². The monoisotopic (exact) mass is 470 g/mol. The molecule has 1 amide bonds. The molecular weight excluding hydrogens is 448 g/mol. The summed E-state index contributed by atoms with van der Waals surface area (Å²) in [6.45, 7) is 2.13. The molecule has 0 saturated carbocycles. The number of carbonyl (C=O) groups is 1. The van der Waals surface area contributed by atoms with E-state index in [2.05, 4.69) is 5.32 Å². The number of fused-ring (bicyclic) bond motifs is 1. The molecule has 0 fully saturated rings. The van der Waals surface area contributed by atoms with E-state index in [0.29, 0.717) is 28.7 Å². The number of hydrogen-bond acceptors (Lipinski definition) is 4. The number of amides is 1. The number of nitrogens with one attached hydrogen (secondary N) is 1. The number of benzene rings is 3. The number of anilines is 2. The van der Waals surface area contributed by atoms with E-state index >= 15 is 0 Å². The van der Waals surface area contributed by atoms with Crippen molar-refractivity contribution in [2.24, 2.45) is 0 Å². The minimum Gasteiger partial charge on any atom is -0.484 e. The maximum Gasteiger partial charge on any atom is 0.264 e. The van der Waals surface area contributed by atoms with Crippen LogP contribution < -0.4 is 14.4 Å². The van der Waals surface area contributed by atoms with Crippen molar-refractivity contribution in [2.75, 3.05) is 22.8 Å². The van der Waals surface area contributed by atoms with Gasteiger partial charge in [-0.2, -0.15) is 0 Å². The van der Waals surface area contributed by atoms with Crippen molar-refractivity contribution >= 4 is 38.9 Å². The van der Waals surface area contributed by atoms with Gasteiger partial charge in [-0.1, -0.05) is 35.4 Å². The Kier molecular flexibility index (Phi) is 6.39. The summed E-state index contributed by atoms with van der Waals surface area (Å²) in [5, 5.41) is 3.37. The molecule has 1 aliphatic rings. The smallest absolute Gasteiger partial charge is 0.264 e. The number of aryl methyl sites for hydroxylation is 2. The van der Waals surface area contributed by atoms with Crippen molar-refractivity contribution in [3.8, 4) is 5.75 Å². The van der Waals surface area contributed by atoms with Crippen LogP contribution in [0.5, 0.6) is 5.75 Å². The lowest BCUT2D eigenvalue weighted by atomic mass is 10.0. The maximum atomic E-state index is 13.3. The van der Waals surface area contributed by atoms with E-state index < -0.39 is 10.0 Å². The first-order valence-electron chi connectivity index (χ1n) is 10.2. The predicted molar refractivity (Wildman–Crippen MR) is 126 cm³/mol. The van der Waals surface area contributed by atoms with Crippen molar-refractivity contribution in [3.05, 3.63) is 82.9 Å². The Bertz CT molecular complexity index is 1230. The molecule has 0 spiro atoms. The highest BCUT2D eigenvalue weighted by Gasteiger charge is 2.29. The molecule has 0 unspecified atom stereocenters. The van der Waals surface area contributed by atoms with Crippen LogP contribution in [0.2, 0.25) is 5.02 Å². The second kappa shape index (κ2) is 9.22. The van der Waals surface area contributed by atoms with Gasteiger partial charge in [0.1, 0.15) is 5.75 Å². The van der Waals surface area contributed by atoms with Crippen molar-refractivity contribution in [1.29, 1.82) is 0 Å². The van der Waals surface area contributed by atoms with Crippen LogP contribution in [0.25, 0.3) is 0 Å². The number of nitrogens with zero attached hydrogens (tertiary/aromatic N) is 1. The molecule has 6 nitrogen and oxygen atoms in total. The first-order valence-corrected chi connectivity index (χ1v) is 12.1. The Morgan fingerprint density at radius 2 is 1.78 bits per heavy atom. The van der Waals surface area contributed by atoms with Gasteiger partial charge >= 0.3 is 0 Å². The average molecular weight is 471 g/mol. The molecule has 8 heteroatoms. The first kappa shape index (κ1) is 22.2. The molecule has 32 heavy (non-hydrogen) atoms. The fourth-order valence-corrected chi connectivity index (χ4v) is 5.24. The first-order chi connectivity index (χ1) is 15.3. The van der Waals surface area contributed by atoms with E-state index in [9.17, 15) is 13.2 Å². The van der Waals surface area contributed by atoms with E-state index in [1.165, 1.54) is 4.31 Å². The van der Waals surface area contributed by atoms with Gasteiger partial charge in [0.2, 0.25) is 0 Å². The van der Waals surface area contributed by atoms with Gasteiger partial charge in [-0.05, 0) is 73.9 Å². The van der Waals surface area contributed by atoms with Crippen LogP contribution >= 0.6 is 11.6 Å². The zero-order valence-electron chi connectivity index (χ0n) is 17.5. The molecule has 0 aliphatic carbocycles. The lowest BCUT2D eigenvalue weighted by Crippen LogP contribution is -2.35. The molecule has 0 radical (unpaired) electrons. The van der Waals surface area contributed by atoms with Gasteiger partial charge in [-0.25, -0.2) is 8.42 Å². The number of halogens is 1. The van der Waals surface area contributed by atoms with Crippen molar-refractivity contribution in [3.63, 3.8) is 0 Å². The topological polar surface area (TPSA) is 75.7 Å². The number of carbonyl (C=O) groups excluding carboxylic acids is 1. The highest BCUT2D eigenvalue weighted by Crippen LogP contribution is 2.34. The van der Waals surface area contributed by atoms with Crippen LogP contribution in [0, 0.1) is 6.92 Å². The van der Waals surface area contributed by atoms with Gasteiger partial charge in [0.15, 0.2) is 6.61 Å². The van der Waals surface area contributed by atoms with Gasteiger partial charge in [-0.15, -0.1) is 0 Å². The molecule has 166 valence electrons. The van der Waals surface area contributed by atoms with Crippen molar-refractivity contribution in [2.45, 2.75) is 24.7 Å². The highest BCUT2D eigenvalue weighted by molar-refractivity contribution is 7.92. The Balaban J connectivity index is 1.51. The summed E-state index contributed by atoms with van der Waals surface area (Å²) >= 11 is 5.85. The second-order valence-electron chi connectivity index (χ2n) is 7.63. The van der Waals surface area contributed by atoms with Crippen LogP contribution in [-0.2, 0) is 21.2 Å². The number of sulfonamides is 1. The third-order valence-electron chi connectivity index (χ3n) is 5.24. The van der Waals surface area contributed by atoms with E-state index in [1.807, 2.05) is 13.0 Å². The number of hydrogen-bond donors (Lipinski definition) is 1. The third-order valence-corrected chi connectivity index (χ3v) is 7.32. The van der Waals surface area contributed by atoms with E-state index in [4.69, 9.17) is 16.3 Å². The lowest BCUT2D eigenvalue weighted by Gasteiger charge is -2.31. The SMILES string of the molecule is Cc1ccc(S(=O)(=O)N2CCCc3ccc(NC(=O)COc4ccc(Cl)cc4)cc32)cc1. The molecule has 0 saturated heterocycles. The van der Waals surface area contributed by atoms with E-state index in [-0.39, 0.29) is 17.4 Å². The molecule has 1 N–H and O–H groups in total. The molecule has 0 atom stereocenters. The predicted octanol–water partition coefficient (Wildman–Crippen LogP) is 4.81. The quantitative estimate of drug-likeness (QED) is 0.561. The minimum absolute atomic E-state index is 0.176. The van der Waals surface area contributed by atoms with Gasteiger partial charge in [0.25, 0.3) is 15.9 Å². The minimum atomic E-state index is -3.70. The normalized spacial score (nSPS) is 13.4.